The topological polar surface area (TPSA) is 24.7 Å². The highest BCUT2D eigenvalue weighted by Gasteiger charge is 2.51. The zero-order valence-electron chi connectivity index (χ0n) is 11.7. The molecule has 1 aliphatic rings. The van der Waals surface area contributed by atoms with Crippen LogP contribution in [0.3, 0.4) is 0 Å². The third-order valence-corrected chi connectivity index (χ3v) is 4.01. The van der Waals surface area contributed by atoms with E-state index < -0.39 is 0 Å². The van der Waals surface area contributed by atoms with Gasteiger partial charge in [0.15, 0.2) is 0 Å². The zero-order valence-corrected chi connectivity index (χ0v) is 11.7. The van der Waals surface area contributed by atoms with Crippen LogP contribution >= 0.6 is 0 Å². The first kappa shape index (κ1) is 14.0. The molecule has 17 heavy (non-hydrogen) atoms. The van der Waals surface area contributed by atoms with E-state index in [9.17, 15) is 4.79 Å². The molecule has 0 atom stereocenters. The van der Waals surface area contributed by atoms with E-state index in [0.717, 1.165) is 25.9 Å². The zero-order chi connectivity index (χ0) is 13.3. The summed E-state index contributed by atoms with van der Waals surface area (Å²) in [6.45, 7) is 19.2. The quantitative estimate of drug-likeness (QED) is 0.642. The Morgan fingerprint density at radius 1 is 1.29 bits per heavy atom. The lowest BCUT2D eigenvalue weighted by atomic mass is 9.68. The highest BCUT2D eigenvalue weighted by atomic mass is 16.2. The molecular weight excluding hydrogens is 212 g/mol. The molecule has 0 aromatic rings. The van der Waals surface area contributed by atoms with Gasteiger partial charge in [-0.2, -0.15) is 0 Å². The van der Waals surface area contributed by atoms with Gasteiger partial charge in [0.2, 0.25) is 11.4 Å². The average molecular weight is 236 g/mol. The number of likely N-dealkylation sites (tertiary alicyclic amines) is 1. The van der Waals surface area contributed by atoms with Crippen LogP contribution in [0, 0.1) is 17.9 Å². The van der Waals surface area contributed by atoms with Crippen LogP contribution in [0.25, 0.3) is 4.85 Å². The standard InChI is InChI=1S/C14H24N2O/c1-11(2)12(17)16-9-7-14(15-6,8-10-16)13(3,4)5/h11H,7-10H2,1-5H3. The second-order valence-corrected chi connectivity index (χ2v) is 6.37. The number of piperidine rings is 1. The first-order chi connectivity index (χ1) is 7.73. The van der Waals surface area contributed by atoms with Crippen LogP contribution in [0.4, 0.5) is 0 Å². The van der Waals surface area contributed by atoms with Gasteiger partial charge in [0.25, 0.3) is 0 Å². The molecule has 0 radical (unpaired) electrons. The smallest absolute Gasteiger partial charge is 0.240 e. The van der Waals surface area contributed by atoms with Crippen LogP contribution in [-0.2, 0) is 4.79 Å². The predicted molar refractivity (Wildman–Crippen MR) is 69.4 cm³/mol. The summed E-state index contributed by atoms with van der Waals surface area (Å²) in [5.74, 6) is 0.280. The summed E-state index contributed by atoms with van der Waals surface area (Å²) >= 11 is 0. The minimum atomic E-state index is -0.291. The van der Waals surface area contributed by atoms with Crippen LogP contribution in [0.1, 0.15) is 47.5 Å². The normalized spacial score (nSPS) is 20.2. The largest absolute Gasteiger partial charge is 0.342 e. The van der Waals surface area contributed by atoms with Gasteiger partial charge in [-0.1, -0.05) is 34.6 Å². The van der Waals surface area contributed by atoms with Crippen molar-refractivity contribution >= 4 is 5.91 Å². The summed E-state index contributed by atoms with van der Waals surface area (Å²) in [5.41, 5.74) is -0.303. The maximum atomic E-state index is 11.9. The minimum Gasteiger partial charge on any atom is -0.342 e. The highest BCUT2D eigenvalue weighted by molar-refractivity contribution is 5.78. The molecule has 1 saturated heterocycles. The van der Waals surface area contributed by atoms with E-state index in [-0.39, 0.29) is 22.8 Å². The van der Waals surface area contributed by atoms with E-state index in [0.29, 0.717) is 0 Å². The van der Waals surface area contributed by atoms with Gasteiger partial charge in [-0.3, -0.25) is 4.79 Å². The first-order valence-corrected chi connectivity index (χ1v) is 6.41. The van der Waals surface area contributed by atoms with Gasteiger partial charge in [-0.25, -0.2) is 6.57 Å². The van der Waals surface area contributed by atoms with Crippen molar-refractivity contribution in [2.45, 2.75) is 53.0 Å². The lowest BCUT2D eigenvalue weighted by Gasteiger charge is -2.41. The van der Waals surface area contributed by atoms with Crippen molar-refractivity contribution in [1.29, 1.82) is 0 Å². The molecule has 1 fully saturated rings. The SMILES string of the molecule is [C-]#[N+]C1(C(C)(C)C)CCN(C(=O)C(C)C)CC1. The third-order valence-electron chi connectivity index (χ3n) is 4.01. The van der Waals surface area contributed by atoms with Gasteiger partial charge in [-0.05, 0) is 0 Å². The van der Waals surface area contributed by atoms with E-state index in [4.69, 9.17) is 6.57 Å². The van der Waals surface area contributed by atoms with E-state index in [1.54, 1.807) is 0 Å². The van der Waals surface area contributed by atoms with Gasteiger partial charge in [-0.15, -0.1) is 0 Å². The molecule has 1 amide bonds. The Morgan fingerprint density at radius 2 is 1.76 bits per heavy atom. The molecule has 0 spiro atoms. The number of amides is 1. The highest BCUT2D eigenvalue weighted by Crippen LogP contribution is 2.42. The van der Waals surface area contributed by atoms with Crippen molar-refractivity contribution < 1.29 is 4.79 Å². The fraction of sp³-hybridized carbons (Fsp3) is 0.857. The van der Waals surface area contributed by atoms with E-state index in [1.807, 2.05) is 18.7 Å². The summed E-state index contributed by atoms with van der Waals surface area (Å²) in [4.78, 5) is 17.7. The molecule has 0 saturated carbocycles. The number of rotatable bonds is 1. The maximum Gasteiger partial charge on any atom is 0.240 e. The number of carbonyl (C=O) groups is 1. The Bertz CT molecular complexity index is 325. The minimum absolute atomic E-state index is 0.0122. The van der Waals surface area contributed by atoms with Crippen molar-refractivity contribution in [3.63, 3.8) is 0 Å². The third kappa shape index (κ3) is 2.62. The van der Waals surface area contributed by atoms with Crippen LogP contribution < -0.4 is 0 Å². The second kappa shape index (κ2) is 4.68. The van der Waals surface area contributed by atoms with E-state index >= 15 is 0 Å². The fourth-order valence-corrected chi connectivity index (χ4v) is 2.49. The molecule has 1 rings (SSSR count). The summed E-state index contributed by atoms with van der Waals surface area (Å²) in [5, 5.41) is 0. The lowest BCUT2D eigenvalue weighted by molar-refractivity contribution is -0.136. The maximum absolute atomic E-state index is 11.9. The van der Waals surface area contributed by atoms with Crippen molar-refractivity contribution in [2.24, 2.45) is 11.3 Å². The monoisotopic (exact) mass is 236 g/mol. The molecule has 0 unspecified atom stereocenters. The molecule has 96 valence electrons. The summed E-state index contributed by atoms with van der Waals surface area (Å²) in [6, 6.07) is 0. The van der Waals surface area contributed by atoms with Gasteiger partial charge < -0.3 is 9.74 Å². The van der Waals surface area contributed by atoms with Gasteiger partial charge >= 0.3 is 0 Å². The average Bonchev–Trinajstić information content (AvgIpc) is 2.26. The van der Waals surface area contributed by atoms with Crippen molar-refractivity contribution in [1.82, 2.24) is 4.90 Å². The lowest BCUT2D eigenvalue weighted by Crippen LogP contribution is -2.51. The molecule has 3 heteroatoms. The van der Waals surface area contributed by atoms with E-state index in [2.05, 4.69) is 25.6 Å². The van der Waals surface area contributed by atoms with Crippen molar-refractivity contribution in [2.75, 3.05) is 13.1 Å². The number of hydrogen-bond donors (Lipinski definition) is 0. The molecule has 0 aromatic carbocycles. The van der Waals surface area contributed by atoms with Crippen molar-refractivity contribution in [3.05, 3.63) is 11.4 Å². The molecule has 1 heterocycles. The first-order valence-electron chi connectivity index (χ1n) is 6.41. The Kier molecular flexibility index (Phi) is 3.86. The van der Waals surface area contributed by atoms with Crippen LogP contribution in [0.15, 0.2) is 0 Å². The van der Waals surface area contributed by atoms with Crippen LogP contribution in [0.2, 0.25) is 0 Å². The molecule has 0 N–H and O–H groups in total. The Labute approximate surface area is 105 Å². The molecule has 0 aliphatic carbocycles. The van der Waals surface area contributed by atoms with Gasteiger partial charge in [0.1, 0.15) is 0 Å². The Morgan fingerprint density at radius 3 is 2.06 bits per heavy atom. The summed E-state index contributed by atoms with van der Waals surface area (Å²) < 4.78 is 0. The molecule has 3 nitrogen and oxygen atoms in total. The van der Waals surface area contributed by atoms with Gasteiger partial charge in [0, 0.05) is 37.3 Å². The fourth-order valence-electron chi connectivity index (χ4n) is 2.49. The Balaban J connectivity index is 2.74. The number of hydrogen-bond acceptors (Lipinski definition) is 1. The van der Waals surface area contributed by atoms with Crippen LogP contribution in [-0.4, -0.2) is 29.4 Å². The van der Waals surface area contributed by atoms with Crippen molar-refractivity contribution in [3.8, 4) is 0 Å². The number of nitrogens with zero attached hydrogens (tertiary/aromatic N) is 2. The molecular formula is C14H24N2O. The molecule has 0 bridgehead atoms. The van der Waals surface area contributed by atoms with Crippen LogP contribution in [0.5, 0.6) is 0 Å². The second-order valence-electron chi connectivity index (χ2n) is 6.37. The molecule has 1 aliphatic heterocycles. The predicted octanol–water partition coefficient (Wildman–Crippen LogP) is 2.97. The Hall–Kier alpha value is -1.04. The molecule has 0 aromatic heterocycles. The van der Waals surface area contributed by atoms with E-state index in [1.165, 1.54) is 0 Å². The summed E-state index contributed by atoms with van der Waals surface area (Å²) in [6.07, 6.45) is 1.61. The van der Waals surface area contributed by atoms with Gasteiger partial charge in [0.05, 0.1) is 0 Å². The summed E-state index contributed by atoms with van der Waals surface area (Å²) in [7, 11) is 0. The number of carbonyl (C=O) groups excluding carboxylic acids is 1.